The van der Waals surface area contributed by atoms with Crippen LogP contribution in [-0.4, -0.2) is 31.2 Å². The lowest BCUT2D eigenvalue weighted by atomic mass is 10.3. The molecule has 0 aliphatic rings. The molecule has 1 N–H and O–H groups in total. The maximum Gasteiger partial charge on any atom is 0.261 e. The van der Waals surface area contributed by atoms with E-state index in [0.29, 0.717) is 13.0 Å². The van der Waals surface area contributed by atoms with Gasteiger partial charge in [0, 0.05) is 17.8 Å². The first kappa shape index (κ1) is 16.5. The average Bonchev–Trinajstić information content (AvgIpc) is 2.77. The third-order valence-electron chi connectivity index (χ3n) is 2.57. The lowest BCUT2D eigenvalue weighted by molar-refractivity contribution is 0.0187. The number of hydrogen-bond donors (Lipinski definition) is 1. The number of ether oxygens (including phenoxy) is 1. The number of hydrogen-bond acceptors (Lipinski definition) is 4. The number of nitrogens with zero attached hydrogens (tertiary/aromatic N) is 1. The quantitative estimate of drug-likeness (QED) is 0.673. The monoisotopic (exact) mass is 292 g/mol. The average molecular weight is 292 g/mol. The third-order valence-corrected chi connectivity index (χ3v) is 3.73. The van der Waals surface area contributed by atoms with Crippen LogP contribution in [0.25, 0.3) is 0 Å². The van der Waals surface area contributed by atoms with Gasteiger partial charge in [-0.1, -0.05) is 13.8 Å². The van der Waals surface area contributed by atoms with E-state index in [2.05, 4.69) is 24.1 Å². The molecule has 0 saturated carbocycles. The molecule has 3 nitrogen and oxygen atoms in total. The van der Waals surface area contributed by atoms with Crippen molar-refractivity contribution in [1.29, 1.82) is 0 Å². The van der Waals surface area contributed by atoms with Crippen LogP contribution < -0.4 is 5.32 Å². The van der Waals surface area contributed by atoms with E-state index < -0.39 is 13.0 Å². The van der Waals surface area contributed by atoms with Gasteiger partial charge in [0.1, 0.15) is 6.61 Å². The van der Waals surface area contributed by atoms with Crippen LogP contribution in [0.15, 0.2) is 0 Å². The molecule has 1 heterocycles. The minimum absolute atomic E-state index is 0.308. The molecule has 0 aliphatic carbocycles. The first-order valence-electron chi connectivity index (χ1n) is 6.71. The van der Waals surface area contributed by atoms with Gasteiger partial charge < -0.3 is 10.1 Å². The summed E-state index contributed by atoms with van der Waals surface area (Å²) < 4.78 is 28.7. The van der Waals surface area contributed by atoms with Crippen molar-refractivity contribution < 1.29 is 13.5 Å². The highest BCUT2D eigenvalue weighted by Gasteiger charge is 2.10. The van der Waals surface area contributed by atoms with E-state index in [-0.39, 0.29) is 0 Å². The standard InChI is InChI=1S/C13H22F2N2OS/c1-3-6-16-8-11-10(4-2)17-13(19-11)5-7-18-9-12(14)15/h12,16H,3-9H2,1-2H3. The summed E-state index contributed by atoms with van der Waals surface area (Å²) in [6.07, 6.45) is 0.223. The lowest BCUT2D eigenvalue weighted by Crippen LogP contribution is -2.13. The first-order valence-corrected chi connectivity index (χ1v) is 7.53. The molecular weight excluding hydrogens is 270 g/mol. The number of aryl methyl sites for hydroxylation is 1. The van der Waals surface area contributed by atoms with E-state index in [4.69, 9.17) is 4.74 Å². The van der Waals surface area contributed by atoms with Crippen molar-refractivity contribution in [2.24, 2.45) is 0 Å². The molecule has 1 aromatic rings. The number of alkyl halides is 2. The summed E-state index contributed by atoms with van der Waals surface area (Å²) in [4.78, 5) is 5.78. The van der Waals surface area contributed by atoms with Crippen molar-refractivity contribution in [2.45, 2.75) is 46.1 Å². The minimum atomic E-state index is -2.39. The van der Waals surface area contributed by atoms with Crippen molar-refractivity contribution in [3.8, 4) is 0 Å². The van der Waals surface area contributed by atoms with Gasteiger partial charge in [-0.05, 0) is 19.4 Å². The van der Waals surface area contributed by atoms with Crippen LogP contribution >= 0.6 is 11.3 Å². The molecule has 19 heavy (non-hydrogen) atoms. The molecule has 0 amide bonds. The van der Waals surface area contributed by atoms with E-state index in [0.717, 1.165) is 36.6 Å². The summed E-state index contributed by atoms with van der Waals surface area (Å²) >= 11 is 1.65. The second kappa shape index (κ2) is 9.34. The molecule has 0 aromatic carbocycles. The van der Waals surface area contributed by atoms with E-state index in [1.807, 2.05) is 0 Å². The summed E-state index contributed by atoms with van der Waals surface area (Å²) in [6.45, 7) is 5.86. The molecular formula is C13H22F2N2OS. The maximum atomic E-state index is 11.9. The Bertz CT molecular complexity index is 358. The Morgan fingerprint density at radius 2 is 2.16 bits per heavy atom. The van der Waals surface area contributed by atoms with Crippen LogP contribution in [0.1, 0.15) is 35.8 Å². The normalized spacial score (nSPS) is 11.4. The highest BCUT2D eigenvalue weighted by Crippen LogP contribution is 2.19. The van der Waals surface area contributed by atoms with Gasteiger partial charge in [0.2, 0.25) is 0 Å². The Morgan fingerprint density at radius 1 is 1.37 bits per heavy atom. The van der Waals surface area contributed by atoms with Gasteiger partial charge in [-0.15, -0.1) is 11.3 Å². The Morgan fingerprint density at radius 3 is 2.79 bits per heavy atom. The summed E-state index contributed by atoms with van der Waals surface area (Å²) in [6, 6.07) is 0. The summed E-state index contributed by atoms with van der Waals surface area (Å²) in [7, 11) is 0. The maximum absolute atomic E-state index is 11.9. The van der Waals surface area contributed by atoms with Crippen LogP contribution in [0.2, 0.25) is 0 Å². The molecule has 0 atom stereocenters. The molecule has 0 spiro atoms. The molecule has 0 unspecified atom stereocenters. The minimum Gasteiger partial charge on any atom is -0.375 e. The van der Waals surface area contributed by atoms with Gasteiger partial charge in [0.15, 0.2) is 0 Å². The number of thiazole rings is 1. The predicted octanol–water partition coefficient (Wildman–Crippen LogP) is 3.03. The Labute approximate surface area is 117 Å². The van der Waals surface area contributed by atoms with Crippen LogP contribution in [0.4, 0.5) is 8.78 Å². The lowest BCUT2D eigenvalue weighted by Gasteiger charge is -2.01. The van der Waals surface area contributed by atoms with Crippen LogP contribution in [-0.2, 0) is 24.1 Å². The van der Waals surface area contributed by atoms with Gasteiger partial charge in [0.25, 0.3) is 6.43 Å². The summed E-state index contributed by atoms with van der Waals surface area (Å²) in [5.41, 5.74) is 1.11. The van der Waals surface area contributed by atoms with E-state index in [1.54, 1.807) is 11.3 Å². The van der Waals surface area contributed by atoms with Crippen molar-refractivity contribution in [2.75, 3.05) is 19.8 Å². The van der Waals surface area contributed by atoms with Crippen molar-refractivity contribution >= 4 is 11.3 Å². The van der Waals surface area contributed by atoms with Crippen molar-refractivity contribution in [3.63, 3.8) is 0 Å². The van der Waals surface area contributed by atoms with Crippen molar-refractivity contribution in [3.05, 3.63) is 15.6 Å². The van der Waals surface area contributed by atoms with Gasteiger partial charge in [-0.2, -0.15) is 0 Å². The van der Waals surface area contributed by atoms with Crippen molar-refractivity contribution in [1.82, 2.24) is 10.3 Å². The SMILES string of the molecule is CCCNCc1sc(CCOCC(F)F)nc1CC. The fourth-order valence-corrected chi connectivity index (χ4v) is 2.78. The molecule has 0 radical (unpaired) electrons. The smallest absolute Gasteiger partial charge is 0.261 e. The number of nitrogens with one attached hydrogen (secondary N) is 1. The molecule has 0 aliphatic heterocycles. The second-order valence-corrected chi connectivity index (χ2v) is 5.39. The zero-order valence-corrected chi connectivity index (χ0v) is 12.4. The van der Waals surface area contributed by atoms with E-state index in [1.165, 1.54) is 4.88 Å². The van der Waals surface area contributed by atoms with Gasteiger partial charge in [0.05, 0.1) is 17.3 Å². The third kappa shape index (κ3) is 6.40. The van der Waals surface area contributed by atoms with E-state index >= 15 is 0 Å². The largest absolute Gasteiger partial charge is 0.375 e. The molecule has 0 saturated heterocycles. The Balaban J connectivity index is 2.41. The Hall–Kier alpha value is -0.590. The molecule has 110 valence electrons. The number of rotatable bonds is 10. The summed E-state index contributed by atoms with van der Waals surface area (Å²) in [5.74, 6) is 0. The fraction of sp³-hybridized carbons (Fsp3) is 0.769. The van der Waals surface area contributed by atoms with E-state index in [9.17, 15) is 8.78 Å². The predicted molar refractivity (Wildman–Crippen MR) is 74.0 cm³/mol. The highest BCUT2D eigenvalue weighted by atomic mass is 32.1. The zero-order chi connectivity index (χ0) is 14.1. The fourth-order valence-electron chi connectivity index (χ4n) is 1.67. The molecule has 1 rings (SSSR count). The zero-order valence-electron chi connectivity index (χ0n) is 11.5. The van der Waals surface area contributed by atoms with Crippen LogP contribution in [0, 0.1) is 0 Å². The van der Waals surface area contributed by atoms with Gasteiger partial charge in [-0.25, -0.2) is 13.8 Å². The number of aromatic nitrogens is 1. The first-order chi connectivity index (χ1) is 9.17. The van der Waals surface area contributed by atoms with Gasteiger partial charge in [-0.3, -0.25) is 0 Å². The van der Waals surface area contributed by atoms with Crippen LogP contribution in [0.3, 0.4) is 0 Å². The molecule has 6 heteroatoms. The summed E-state index contributed by atoms with van der Waals surface area (Å²) in [5, 5.41) is 4.33. The number of halogens is 2. The topological polar surface area (TPSA) is 34.1 Å². The molecule has 0 bridgehead atoms. The molecule has 1 aromatic heterocycles. The Kier molecular flexibility index (Phi) is 8.09. The molecule has 0 fully saturated rings. The second-order valence-electron chi connectivity index (χ2n) is 4.22. The highest BCUT2D eigenvalue weighted by molar-refractivity contribution is 7.11. The van der Waals surface area contributed by atoms with Gasteiger partial charge >= 0.3 is 0 Å². The van der Waals surface area contributed by atoms with Crippen LogP contribution in [0.5, 0.6) is 0 Å².